The van der Waals surface area contributed by atoms with E-state index in [0.717, 1.165) is 29.0 Å². The van der Waals surface area contributed by atoms with E-state index in [4.69, 9.17) is 0 Å². The molecule has 3 N–H and O–H groups in total. The van der Waals surface area contributed by atoms with Crippen LogP contribution in [0, 0.1) is 10.1 Å². The summed E-state index contributed by atoms with van der Waals surface area (Å²) in [6, 6.07) is 11.5. The highest BCUT2D eigenvalue weighted by Crippen LogP contribution is 2.27. The maximum Gasteiger partial charge on any atom is 0.311 e. The topological polar surface area (TPSA) is 109 Å². The van der Waals surface area contributed by atoms with Gasteiger partial charge in [0.1, 0.15) is 5.82 Å². The van der Waals surface area contributed by atoms with Gasteiger partial charge in [0.05, 0.1) is 16.0 Å². The Hall–Kier alpha value is -2.81. The second-order valence-corrected chi connectivity index (χ2v) is 8.22. The quantitative estimate of drug-likeness (QED) is 0.211. The standard InChI is InChI=1S/C20H24N6O2S/c27-26(28)17-10-11-18(22-14-6-2-1-3-7-14)25-19(17)21-12-13-29-20-23-15-8-4-5-9-16(15)24-20/h4-5,8-11,14H,1-3,6-7,12-13H2,(H,23,24)(H2,21,22,25). The molecule has 0 aliphatic heterocycles. The Balaban J connectivity index is 1.36. The summed E-state index contributed by atoms with van der Waals surface area (Å²) < 4.78 is 0. The van der Waals surface area contributed by atoms with Crippen LogP contribution in [0.3, 0.4) is 0 Å². The number of nitro groups is 1. The second kappa shape index (κ2) is 9.13. The lowest BCUT2D eigenvalue weighted by Crippen LogP contribution is -2.23. The zero-order valence-corrected chi connectivity index (χ0v) is 16.9. The molecule has 1 aliphatic rings. The maximum absolute atomic E-state index is 11.4. The molecular formula is C20H24N6O2S. The van der Waals surface area contributed by atoms with Crippen LogP contribution >= 0.6 is 11.8 Å². The third-order valence-electron chi connectivity index (χ3n) is 5.03. The molecule has 29 heavy (non-hydrogen) atoms. The Kier molecular flexibility index (Phi) is 6.14. The van der Waals surface area contributed by atoms with Crippen LogP contribution in [0.4, 0.5) is 17.3 Å². The zero-order valence-electron chi connectivity index (χ0n) is 16.1. The molecule has 0 radical (unpaired) electrons. The lowest BCUT2D eigenvalue weighted by Gasteiger charge is -2.23. The Morgan fingerprint density at radius 1 is 1.14 bits per heavy atom. The first-order valence-corrected chi connectivity index (χ1v) is 10.9. The van der Waals surface area contributed by atoms with Crippen LogP contribution in [0.5, 0.6) is 0 Å². The van der Waals surface area contributed by atoms with Crippen molar-refractivity contribution >= 4 is 40.1 Å². The number of imidazole rings is 1. The molecule has 0 unspecified atom stereocenters. The van der Waals surface area contributed by atoms with Crippen molar-refractivity contribution in [3.05, 3.63) is 46.5 Å². The average molecular weight is 413 g/mol. The lowest BCUT2D eigenvalue weighted by atomic mass is 9.95. The largest absolute Gasteiger partial charge is 0.367 e. The van der Waals surface area contributed by atoms with Crippen molar-refractivity contribution in [1.82, 2.24) is 15.0 Å². The van der Waals surface area contributed by atoms with Gasteiger partial charge in [0.2, 0.25) is 5.82 Å². The van der Waals surface area contributed by atoms with Gasteiger partial charge < -0.3 is 15.6 Å². The molecule has 8 nitrogen and oxygen atoms in total. The Labute approximate surface area is 173 Å². The summed E-state index contributed by atoms with van der Waals surface area (Å²) in [5, 5.41) is 18.7. The number of benzene rings is 1. The van der Waals surface area contributed by atoms with Gasteiger partial charge in [-0.1, -0.05) is 43.2 Å². The molecule has 2 heterocycles. The Bertz CT molecular complexity index is 953. The minimum absolute atomic E-state index is 0.00655. The normalized spacial score (nSPS) is 14.8. The van der Waals surface area contributed by atoms with Gasteiger partial charge in [0.15, 0.2) is 5.16 Å². The van der Waals surface area contributed by atoms with Crippen LogP contribution in [-0.2, 0) is 0 Å². The molecule has 0 amide bonds. The number of nitrogens with zero attached hydrogens (tertiary/aromatic N) is 3. The molecule has 1 fully saturated rings. The lowest BCUT2D eigenvalue weighted by molar-refractivity contribution is -0.384. The molecule has 4 rings (SSSR count). The van der Waals surface area contributed by atoms with Crippen molar-refractivity contribution in [3.63, 3.8) is 0 Å². The van der Waals surface area contributed by atoms with E-state index in [1.807, 2.05) is 24.3 Å². The number of para-hydroxylation sites is 2. The first-order chi connectivity index (χ1) is 14.2. The molecule has 9 heteroatoms. The van der Waals surface area contributed by atoms with Gasteiger partial charge in [0.25, 0.3) is 0 Å². The number of thioether (sulfide) groups is 1. The van der Waals surface area contributed by atoms with Gasteiger partial charge in [-0.2, -0.15) is 0 Å². The number of fused-ring (bicyclic) bond motifs is 1. The van der Waals surface area contributed by atoms with Crippen molar-refractivity contribution in [1.29, 1.82) is 0 Å². The second-order valence-electron chi connectivity index (χ2n) is 7.13. The van der Waals surface area contributed by atoms with Crippen molar-refractivity contribution in [2.45, 2.75) is 43.3 Å². The summed E-state index contributed by atoms with van der Waals surface area (Å²) in [6.07, 6.45) is 5.95. The predicted octanol–water partition coefficient (Wildman–Crippen LogP) is 4.81. The van der Waals surface area contributed by atoms with Crippen LogP contribution in [0.15, 0.2) is 41.6 Å². The van der Waals surface area contributed by atoms with Crippen molar-refractivity contribution in [2.24, 2.45) is 0 Å². The van der Waals surface area contributed by atoms with Gasteiger partial charge in [-0.05, 0) is 31.0 Å². The summed E-state index contributed by atoms with van der Waals surface area (Å²) in [4.78, 5) is 23.2. The zero-order chi connectivity index (χ0) is 20.1. The van der Waals surface area contributed by atoms with Crippen molar-refractivity contribution < 1.29 is 4.92 Å². The van der Waals surface area contributed by atoms with Crippen LogP contribution < -0.4 is 10.6 Å². The highest BCUT2D eigenvalue weighted by atomic mass is 32.2. The van der Waals surface area contributed by atoms with E-state index in [0.29, 0.717) is 30.0 Å². The van der Waals surface area contributed by atoms with Crippen LogP contribution in [0.25, 0.3) is 11.0 Å². The van der Waals surface area contributed by atoms with Gasteiger partial charge in [-0.15, -0.1) is 0 Å². The van der Waals surface area contributed by atoms with E-state index < -0.39 is 4.92 Å². The third-order valence-corrected chi connectivity index (χ3v) is 5.90. The SMILES string of the molecule is O=[N+]([O-])c1ccc(NC2CCCCC2)nc1NCCSc1nc2ccccc2[nH]1. The fourth-order valence-corrected chi connectivity index (χ4v) is 4.32. The number of H-pyrrole nitrogens is 1. The fraction of sp³-hybridized carbons (Fsp3) is 0.400. The summed E-state index contributed by atoms with van der Waals surface area (Å²) in [5.74, 6) is 1.70. The molecule has 1 aromatic carbocycles. The number of hydrogen-bond donors (Lipinski definition) is 3. The first-order valence-electron chi connectivity index (χ1n) is 9.92. The summed E-state index contributed by atoms with van der Waals surface area (Å²) >= 11 is 1.57. The Morgan fingerprint density at radius 3 is 2.76 bits per heavy atom. The van der Waals surface area contributed by atoms with Gasteiger partial charge in [-0.3, -0.25) is 10.1 Å². The molecule has 0 bridgehead atoms. The number of nitrogens with one attached hydrogen (secondary N) is 3. The molecule has 0 atom stereocenters. The van der Waals surface area contributed by atoms with E-state index in [9.17, 15) is 10.1 Å². The third kappa shape index (κ3) is 4.97. The summed E-state index contributed by atoms with van der Waals surface area (Å²) in [7, 11) is 0. The number of aromatic amines is 1. The van der Waals surface area contributed by atoms with E-state index in [-0.39, 0.29) is 5.69 Å². The van der Waals surface area contributed by atoms with Crippen LogP contribution in [0.2, 0.25) is 0 Å². The van der Waals surface area contributed by atoms with E-state index in [1.54, 1.807) is 17.8 Å². The number of anilines is 2. The van der Waals surface area contributed by atoms with Crippen LogP contribution in [-0.4, -0.2) is 38.2 Å². The van der Waals surface area contributed by atoms with Crippen molar-refractivity contribution in [3.8, 4) is 0 Å². The number of rotatable bonds is 8. The summed E-state index contributed by atoms with van der Waals surface area (Å²) in [5.41, 5.74) is 1.93. The number of aromatic nitrogens is 3. The molecule has 1 saturated carbocycles. The summed E-state index contributed by atoms with van der Waals surface area (Å²) in [6.45, 7) is 0.544. The van der Waals surface area contributed by atoms with E-state index in [2.05, 4.69) is 25.6 Å². The Morgan fingerprint density at radius 2 is 1.97 bits per heavy atom. The highest BCUT2D eigenvalue weighted by molar-refractivity contribution is 7.99. The molecule has 1 aliphatic carbocycles. The van der Waals surface area contributed by atoms with Gasteiger partial charge in [0, 0.05) is 24.4 Å². The first kappa shape index (κ1) is 19.5. The van der Waals surface area contributed by atoms with Gasteiger partial charge in [-0.25, -0.2) is 9.97 Å². The number of hydrogen-bond acceptors (Lipinski definition) is 7. The molecule has 2 aromatic heterocycles. The molecule has 0 saturated heterocycles. The molecular weight excluding hydrogens is 388 g/mol. The van der Waals surface area contributed by atoms with Crippen LogP contribution in [0.1, 0.15) is 32.1 Å². The van der Waals surface area contributed by atoms with E-state index in [1.165, 1.54) is 25.3 Å². The molecule has 152 valence electrons. The van der Waals surface area contributed by atoms with Crippen molar-refractivity contribution in [2.75, 3.05) is 22.9 Å². The smallest absolute Gasteiger partial charge is 0.311 e. The number of pyridine rings is 1. The van der Waals surface area contributed by atoms with E-state index >= 15 is 0 Å². The van der Waals surface area contributed by atoms with Gasteiger partial charge >= 0.3 is 5.69 Å². The monoisotopic (exact) mass is 412 g/mol. The molecule has 3 aromatic rings. The average Bonchev–Trinajstić information content (AvgIpc) is 3.15. The predicted molar refractivity (Wildman–Crippen MR) is 117 cm³/mol. The maximum atomic E-state index is 11.4. The highest BCUT2D eigenvalue weighted by Gasteiger charge is 2.18. The minimum atomic E-state index is -0.397. The minimum Gasteiger partial charge on any atom is -0.367 e. The molecule has 0 spiro atoms. The fourth-order valence-electron chi connectivity index (χ4n) is 3.58.